The average molecular weight is 384 g/mol. The Morgan fingerprint density at radius 1 is 1.19 bits per heavy atom. The highest BCUT2D eigenvalue weighted by Gasteiger charge is 2.28. The number of halogens is 2. The zero-order chi connectivity index (χ0) is 11.7. The van der Waals surface area contributed by atoms with Crippen LogP contribution < -0.4 is 0 Å². The van der Waals surface area contributed by atoms with Crippen LogP contribution in [0.5, 0.6) is 0 Å². The van der Waals surface area contributed by atoms with Crippen LogP contribution in [-0.2, 0) is 0 Å². The SMILES string of the molecule is CC1SCC(c2nc(Br)cc(Br)n2)SC1C. The van der Waals surface area contributed by atoms with Gasteiger partial charge < -0.3 is 0 Å². The lowest BCUT2D eigenvalue weighted by Crippen LogP contribution is -2.23. The molecule has 0 amide bonds. The molecule has 1 fully saturated rings. The van der Waals surface area contributed by atoms with Crippen LogP contribution >= 0.6 is 55.4 Å². The molecule has 3 unspecified atom stereocenters. The molecule has 1 aromatic rings. The number of aromatic nitrogens is 2. The smallest absolute Gasteiger partial charge is 0.144 e. The molecule has 1 aromatic heterocycles. The fourth-order valence-electron chi connectivity index (χ4n) is 1.47. The van der Waals surface area contributed by atoms with Crippen molar-refractivity contribution >= 4 is 55.4 Å². The van der Waals surface area contributed by atoms with Gasteiger partial charge in [0, 0.05) is 22.3 Å². The molecule has 88 valence electrons. The van der Waals surface area contributed by atoms with Gasteiger partial charge in [0.1, 0.15) is 15.0 Å². The average Bonchev–Trinajstić information content (AvgIpc) is 2.20. The van der Waals surface area contributed by atoms with Crippen LogP contribution in [0.15, 0.2) is 15.3 Å². The summed E-state index contributed by atoms with van der Waals surface area (Å²) in [5.41, 5.74) is 0. The van der Waals surface area contributed by atoms with Gasteiger partial charge in [-0.15, -0.1) is 11.8 Å². The normalized spacial score (nSPS) is 30.4. The molecule has 0 N–H and O–H groups in total. The first-order valence-corrected chi connectivity index (χ1v) is 8.61. The Balaban J connectivity index is 2.18. The van der Waals surface area contributed by atoms with Crippen molar-refractivity contribution in [2.45, 2.75) is 29.6 Å². The summed E-state index contributed by atoms with van der Waals surface area (Å²) >= 11 is 10.8. The first kappa shape index (κ1) is 13.2. The molecule has 6 heteroatoms. The molecule has 1 aliphatic heterocycles. The van der Waals surface area contributed by atoms with Crippen molar-refractivity contribution in [2.24, 2.45) is 0 Å². The van der Waals surface area contributed by atoms with Gasteiger partial charge in [-0.05, 0) is 31.9 Å². The molecular formula is C10H12Br2N2S2. The summed E-state index contributed by atoms with van der Waals surface area (Å²) in [6, 6.07) is 1.87. The van der Waals surface area contributed by atoms with Crippen molar-refractivity contribution in [1.82, 2.24) is 9.97 Å². The number of rotatable bonds is 1. The first-order valence-electron chi connectivity index (χ1n) is 5.03. The zero-order valence-corrected chi connectivity index (χ0v) is 13.8. The lowest BCUT2D eigenvalue weighted by molar-refractivity contribution is 0.851. The van der Waals surface area contributed by atoms with Crippen LogP contribution in [-0.4, -0.2) is 26.2 Å². The van der Waals surface area contributed by atoms with E-state index in [0.29, 0.717) is 10.5 Å². The predicted octanol–water partition coefficient (Wildman–Crippen LogP) is 4.30. The van der Waals surface area contributed by atoms with Crippen LogP contribution in [0.1, 0.15) is 24.9 Å². The second kappa shape index (κ2) is 5.59. The van der Waals surface area contributed by atoms with Crippen molar-refractivity contribution < 1.29 is 0 Å². The molecule has 0 aromatic carbocycles. The van der Waals surface area contributed by atoms with Crippen LogP contribution in [0.2, 0.25) is 0 Å². The lowest BCUT2D eigenvalue weighted by atomic mass is 10.3. The van der Waals surface area contributed by atoms with Crippen molar-refractivity contribution in [3.8, 4) is 0 Å². The van der Waals surface area contributed by atoms with E-state index >= 15 is 0 Å². The van der Waals surface area contributed by atoms with Gasteiger partial charge in [0.25, 0.3) is 0 Å². The van der Waals surface area contributed by atoms with Crippen LogP contribution in [0.3, 0.4) is 0 Å². The maximum Gasteiger partial charge on any atom is 0.144 e. The van der Waals surface area contributed by atoms with Crippen molar-refractivity contribution in [2.75, 3.05) is 5.75 Å². The summed E-state index contributed by atoms with van der Waals surface area (Å²) in [5.74, 6) is 2.02. The molecule has 2 nitrogen and oxygen atoms in total. The van der Waals surface area contributed by atoms with E-state index in [1.54, 1.807) is 0 Å². The van der Waals surface area contributed by atoms with E-state index in [-0.39, 0.29) is 0 Å². The number of hydrogen-bond donors (Lipinski definition) is 0. The second-order valence-electron chi connectivity index (χ2n) is 3.74. The lowest BCUT2D eigenvalue weighted by Gasteiger charge is -2.30. The highest BCUT2D eigenvalue weighted by molar-refractivity contribution is 9.11. The fraction of sp³-hybridized carbons (Fsp3) is 0.600. The van der Waals surface area contributed by atoms with Gasteiger partial charge in [0.05, 0.1) is 5.25 Å². The number of thioether (sulfide) groups is 2. The van der Waals surface area contributed by atoms with E-state index in [4.69, 9.17) is 0 Å². The summed E-state index contributed by atoms with van der Waals surface area (Å²) in [5, 5.41) is 1.78. The Morgan fingerprint density at radius 2 is 1.81 bits per heavy atom. The van der Waals surface area contributed by atoms with Gasteiger partial charge in [-0.1, -0.05) is 13.8 Å². The number of nitrogens with zero attached hydrogens (tertiary/aromatic N) is 2. The Hall–Kier alpha value is 0.740. The van der Waals surface area contributed by atoms with Gasteiger partial charge >= 0.3 is 0 Å². The molecule has 16 heavy (non-hydrogen) atoms. The Kier molecular flexibility index (Phi) is 4.60. The Labute approximate surface area is 121 Å². The fourth-order valence-corrected chi connectivity index (χ4v) is 5.42. The molecule has 0 aliphatic carbocycles. The van der Waals surface area contributed by atoms with Crippen LogP contribution in [0, 0.1) is 0 Å². The topological polar surface area (TPSA) is 25.8 Å². The van der Waals surface area contributed by atoms with Crippen LogP contribution in [0.4, 0.5) is 0 Å². The van der Waals surface area contributed by atoms with Gasteiger partial charge in [-0.25, -0.2) is 9.97 Å². The van der Waals surface area contributed by atoms with E-state index < -0.39 is 0 Å². The molecule has 0 radical (unpaired) electrons. The second-order valence-corrected chi connectivity index (χ2v) is 8.36. The summed E-state index contributed by atoms with van der Waals surface area (Å²) in [4.78, 5) is 8.92. The Bertz CT molecular complexity index is 369. The van der Waals surface area contributed by atoms with Gasteiger partial charge in [-0.2, -0.15) is 11.8 Å². The van der Waals surface area contributed by atoms with E-state index in [2.05, 4.69) is 55.7 Å². The molecule has 0 bridgehead atoms. The maximum atomic E-state index is 4.46. The van der Waals surface area contributed by atoms with Crippen LogP contribution in [0.25, 0.3) is 0 Å². The van der Waals surface area contributed by atoms with Crippen molar-refractivity contribution in [3.63, 3.8) is 0 Å². The van der Waals surface area contributed by atoms with Gasteiger partial charge in [-0.3, -0.25) is 0 Å². The highest BCUT2D eigenvalue weighted by atomic mass is 79.9. The monoisotopic (exact) mass is 382 g/mol. The zero-order valence-electron chi connectivity index (χ0n) is 8.98. The summed E-state index contributed by atoms with van der Waals surface area (Å²) in [6.45, 7) is 4.57. The Morgan fingerprint density at radius 3 is 2.38 bits per heavy atom. The van der Waals surface area contributed by atoms with Crippen molar-refractivity contribution in [1.29, 1.82) is 0 Å². The molecule has 0 spiro atoms. The van der Waals surface area contributed by atoms with E-state index in [9.17, 15) is 0 Å². The van der Waals surface area contributed by atoms with E-state index in [0.717, 1.165) is 26.0 Å². The van der Waals surface area contributed by atoms with E-state index in [1.165, 1.54) is 0 Å². The van der Waals surface area contributed by atoms with Crippen molar-refractivity contribution in [3.05, 3.63) is 21.1 Å². The third-order valence-corrected chi connectivity index (χ3v) is 6.72. The minimum Gasteiger partial charge on any atom is -0.225 e. The quantitative estimate of drug-likeness (QED) is 0.675. The minimum atomic E-state index is 0.407. The predicted molar refractivity (Wildman–Crippen MR) is 79.1 cm³/mol. The summed E-state index contributed by atoms with van der Waals surface area (Å²) in [7, 11) is 0. The summed E-state index contributed by atoms with van der Waals surface area (Å²) < 4.78 is 1.70. The molecular weight excluding hydrogens is 372 g/mol. The number of hydrogen-bond acceptors (Lipinski definition) is 4. The molecule has 0 saturated carbocycles. The third-order valence-electron chi connectivity index (χ3n) is 2.52. The standard InChI is InChI=1S/C10H12Br2N2S2/c1-5-6(2)16-7(4-15-5)10-13-8(11)3-9(12)14-10/h3,5-7H,4H2,1-2H3. The minimum absolute atomic E-state index is 0.407. The summed E-state index contributed by atoms with van der Waals surface area (Å²) in [6.07, 6.45) is 0. The van der Waals surface area contributed by atoms with Gasteiger partial charge in [0.2, 0.25) is 0 Å². The molecule has 1 saturated heterocycles. The highest BCUT2D eigenvalue weighted by Crippen LogP contribution is 2.43. The largest absolute Gasteiger partial charge is 0.225 e. The molecule has 2 heterocycles. The molecule has 2 rings (SSSR count). The molecule has 1 aliphatic rings. The van der Waals surface area contributed by atoms with Gasteiger partial charge in [0.15, 0.2) is 0 Å². The molecule has 3 atom stereocenters. The van der Waals surface area contributed by atoms with E-state index in [1.807, 2.05) is 29.6 Å². The third kappa shape index (κ3) is 3.15. The maximum absolute atomic E-state index is 4.46. The first-order chi connectivity index (χ1) is 7.56.